The SMILES string of the molecule is CCOC(=O)Cc1ccc(OC)c(S(N)(=O)=O)c1. The highest BCUT2D eigenvalue weighted by molar-refractivity contribution is 7.89. The van der Waals surface area contributed by atoms with Crippen LogP contribution in [0.1, 0.15) is 12.5 Å². The number of sulfonamides is 1. The maximum atomic E-state index is 11.4. The molecule has 1 aromatic carbocycles. The quantitative estimate of drug-likeness (QED) is 0.786. The van der Waals surface area contributed by atoms with Crippen LogP contribution in [0.4, 0.5) is 0 Å². The fourth-order valence-corrected chi connectivity index (χ4v) is 2.18. The highest BCUT2D eigenvalue weighted by atomic mass is 32.2. The molecule has 0 spiro atoms. The Morgan fingerprint density at radius 2 is 2.06 bits per heavy atom. The molecule has 2 N–H and O–H groups in total. The normalized spacial score (nSPS) is 11.1. The van der Waals surface area contributed by atoms with Gasteiger partial charge >= 0.3 is 5.97 Å². The Morgan fingerprint density at radius 3 is 2.56 bits per heavy atom. The van der Waals surface area contributed by atoms with Gasteiger partial charge in [0.2, 0.25) is 10.0 Å². The molecule has 1 aromatic rings. The van der Waals surface area contributed by atoms with E-state index in [-0.39, 0.29) is 23.7 Å². The topological polar surface area (TPSA) is 95.7 Å². The van der Waals surface area contributed by atoms with E-state index in [2.05, 4.69) is 0 Å². The second-order valence-corrected chi connectivity index (χ2v) is 5.04. The average molecular weight is 273 g/mol. The molecule has 0 atom stereocenters. The van der Waals surface area contributed by atoms with E-state index in [1.54, 1.807) is 13.0 Å². The highest BCUT2D eigenvalue weighted by Gasteiger charge is 2.16. The van der Waals surface area contributed by atoms with Gasteiger partial charge in [-0.15, -0.1) is 0 Å². The number of benzene rings is 1. The lowest BCUT2D eigenvalue weighted by atomic mass is 10.1. The maximum absolute atomic E-state index is 11.4. The molecule has 100 valence electrons. The summed E-state index contributed by atoms with van der Waals surface area (Å²) >= 11 is 0. The van der Waals surface area contributed by atoms with Crippen molar-refractivity contribution in [3.8, 4) is 5.75 Å². The molecule has 0 heterocycles. The lowest BCUT2D eigenvalue weighted by Gasteiger charge is -2.08. The van der Waals surface area contributed by atoms with Crippen molar-refractivity contribution >= 4 is 16.0 Å². The third-order valence-corrected chi connectivity index (χ3v) is 3.12. The molecule has 0 saturated heterocycles. The standard InChI is InChI=1S/C11H15NO5S/c1-3-17-11(13)7-8-4-5-9(16-2)10(6-8)18(12,14)15/h4-6H,3,7H2,1-2H3,(H2,12,14,15). The van der Waals surface area contributed by atoms with Gasteiger partial charge in [0.05, 0.1) is 20.1 Å². The Kier molecular flexibility index (Phi) is 4.69. The van der Waals surface area contributed by atoms with E-state index in [1.165, 1.54) is 19.2 Å². The molecule has 0 aliphatic heterocycles. The first-order valence-corrected chi connectivity index (χ1v) is 6.78. The minimum Gasteiger partial charge on any atom is -0.495 e. The number of esters is 1. The lowest BCUT2D eigenvalue weighted by molar-refractivity contribution is -0.142. The molecule has 0 unspecified atom stereocenters. The molecular weight excluding hydrogens is 258 g/mol. The van der Waals surface area contributed by atoms with E-state index in [4.69, 9.17) is 14.6 Å². The fraction of sp³-hybridized carbons (Fsp3) is 0.364. The number of carbonyl (C=O) groups is 1. The zero-order valence-corrected chi connectivity index (χ0v) is 11.0. The van der Waals surface area contributed by atoms with Crippen LogP contribution in [-0.4, -0.2) is 28.1 Å². The number of nitrogens with two attached hydrogens (primary N) is 1. The minimum absolute atomic E-state index is 0.0135. The van der Waals surface area contributed by atoms with Gasteiger partial charge in [-0.05, 0) is 24.6 Å². The van der Waals surface area contributed by atoms with Gasteiger partial charge in [-0.3, -0.25) is 4.79 Å². The number of rotatable bonds is 5. The van der Waals surface area contributed by atoms with Crippen molar-refractivity contribution in [1.82, 2.24) is 0 Å². The van der Waals surface area contributed by atoms with Gasteiger partial charge in [0.15, 0.2) is 0 Å². The van der Waals surface area contributed by atoms with Crippen LogP contribution in [0, 0.1) is 0 Å². The second-order valence-electron chi connectivity index (χ2n) is 3.51. The smallest absolute Gasteiger partial charge is 0.310 e. The molecule has 0 aliphatic carbocycles. The van der Waals surface area contributed by atoms with E-state index >= 15 is 0 Å². The maximum Gasteiger partial charge on any atom is 0.310 e. The minimum atomic E-state index is -3.89. The number of ether oxygens (including phenoxy) is 2. The zero-order chi connectivity index (χ0) is 13.8. The Morgan fingerprint density at radius 1 is 1.39 bits per heavy atom. The Bertz CT molecular complexity index is 538. The van der Waals surface area contributed by atoms with E-state index in [0.29, 0.717) is 5.56 Å². The summed E-state index contributed by atoms with van der Waals surface area (Å²) < 4.78 is 32.4. The zero-order valence-electron chi connectivity index (χ0n) is 10.2. The summed E-state index contributed by atoms with van der Waals surface area (Å²) in [6, 6.07) is 4.35. The Balaban J connectivity index is 3.08. The number of hydrogen-bond acceptors (Lipinski definition) is 5. The molecule has 18 heavy (non-hydrogen) atoms. The summed E-state index contributed by atoms with van der Waals surface area (Å²) in [5.74, 6) is -0.284. The predicted molar refractivity (Wildman–Crippen MR) is 64.7 cm³/mol. The summed E-state index contributed by atoms with van der Waals surface area (Å²) in [6.45, 7) is 1.97. The van der Waals surface area contributed by atoms with Crippen molar-refractivity contribution < 1.29 is 22.7 Å². The number of methoxy groups -OCH3 is 1. The van der Waals surface area contributed by atoms with Gasteiger partial charge in [-0.25, -0.2) is 13.6 Å². The van der Waals surface area contributed by atoms with E-state index in [9.17, 15) is 13.2 Å². The molecule has 0 fully saturated rings. The Hall–Kier alpha value is -1.60. The van der Waals surface area contributed by atoms with Crippen LogP contribution in [0.2, 0.25) is 0 Å². The van der Waals surface area contributed by atoms with Crippen LogP contribution in [0.3, 0.4) is 0 Å². The van der Waals surface area contributed by atoms with Crippen LogP contribution in [0.25, 0.3) is 0 Å². The highest BCUT2D eigenvalue weighted by Crippen LogP contribution is 2.23. The van der Waals surface area contributed by atoms with Gasteiger partial charge in [0, 0.05) is 0 Å². The lowest BCUT2D eigenvalue weighted by Crippen LogP contribution is -2.14. The van der Waals surface area contributed by atoms with Crippen LogP contribution in [0.5, 0.6) is 5.75 Å². The van der Waals surface area contributed by atoms with Crippen molar-refractivity contribution in [2.45, 2.75) is 18.2 Å². The van der Waals surface area contributed by atoms with Crippen LogP contribution >= 0.6 is 0 Å². The molecule has 7 heteroatoms. The molecule has 0 saturated carbocycles. The fourth-order valence-electron chi connectivity index (χ4n) is 1.43. The van der Waals surface area contributed by atoms with Crippen LogP contribution in [-0.2, 0) is 26.0 Å². The first kappa shape index (κ1) is 14.5. The summed E-state index contributed by atoms with van der Waals surface area (Å²) in [5, 5.41) is 5.07. The third-order valence-electron chi connectivity index (χ3n) is 2.19. The first-order valence-electron chi connectivity index (χ1n) is 5.23. The van der Waals surface area contributed by atoms with Crippen molar-refractivity contribution in [1.29, 1.82) is 0 Å². The summed E-state index contributed by atoms with van der Waals surface area (Å²) in [7, 11) is -2.55. The monoisotopic (exact) mass is 273 g/mol. The first-order chi connectivity index (χ1) is 8.38. The molecule has 0 amide bonds. The second kappa shape index (κ2) is 5.83. The number of hydrogen-bond donors (Lipinski definition) is 1. The summed E-state index contributed by atoms with van der Waals surface area (Å²) in [4.78, 5) is 11.1. The van der Waals surface area contributed by atoms with Gasteiger partial charge in [-0.1, -0.05) is 6.07 Å². The predicted octanol–water partition coefficient (Wildman–Crippen LogP) is 0.448. The molecule has 0 aromatic heterocycles. The number of carbonyl (C=O) groups excluding carboxylic acids is 1. The summed E-state index contributed by atoms with van der Waals surface area (Å²) in [5.41, 5.74) is 0.498. The van der Waals surface area contributed by atoms with Gasteiger partial charge < -0.3 is 9.47 Å². The molecule has 1 rings (SSSR count). The Labute approximate surface area is 106 Å². The van der Waals surface area contributed by atoms with Crippen LogP contribution < -0.4 is 9.88 Å². The van der Waals surface area contributed by atoms with Crippen molar-refractivity contribution in [2.24, 2.45) is 5.14 Å². The molecule has 0 bridgehead atoms. The third kappa shape index (κ3) is 3.71. The van der Waals surface area contributed by atoms with E-state index < -0.39 is 16.0 Å². The molecule has 0 aliphatic rings. The molecule has 0 radical (unpaired) electrons. The summed E-state index contributed by atoms with van der Waals surface area (Å²) in [6.07, 6.45) is -0.0135. The number of primary sulfonamides is 1. The largest absolute Gasteiger partial charge is 0.495 e. The van der Waals surface area contributed by atoms with Crippen LogP contribution in [0.15, 0.2) is 23.1 Å². The van der Waals surface area contributed by atoms with Gasteiger partial charge in [-0.2, -0.15) is 0 Å². The van der Waals surface area contributed by atoms with Gasteiger partial charge in [0.25, 0.3) is 0 Å². The molecule has 6 nitrogen and oxygen atoms in total. The van der Waals surface area contributed by atoms with Crippen molar-refractivity contribution in [3.05, 3.63) is 23.8 Å². The van der Waals surface area contributed by atoms with Gasteiger partial charge in [0.1, 0.15) is 10.6 Å². The van der Waals surface area contributed by atoms with E-state index in [1.807, 2.05) is 0 Å². The molecular formula is C11H15NO5S. The van der Waals surface area contributed by atoms with Crippen molar-refractivity contribution in [2.75, 3.05) is 13.7 Å². The average Bonchev–Trinajstić information content (AvgIpc) is 2.28. The van der Waals surface area contributed by atoms with Crippen molar-refractivity contribution in [3.63, 3.8) is 0 Å². The van der Waals surface area contributed by atoms with E-state index in [0.717, 1.165) is 0 Å².